The molecule has 0 atom stereocenters. The molecular weight excluding hydrogens is 608 g/mol. The van der Waals surface area contributed by atoms with Crippen molar-refractivity contribution < 1.29 is 5.11 Å². The number of hydrogen-bond acceptors (Lipinski definition) is 9. The molecule has 264 valence electrons. The summed E-state index contributed by atoms with van der Waals surface area (Å²) in [6.45, 7) is 18.4. The van der Waals surface area contributed by atoms with E-state index >= 15 is 0 Å². The van der Waals surface area contributed by atoms with Crippen LogP contribution in [0.2, 0.25) is 0 Å². The van der Waals surface area contributed by atoms with Crippen LogP contribution in [0.1, 0.15) is 57.3 Å². The maximum atomic E-state index is 10.7. The van der Waals surface area contributed by atoms with Crippen molar-refractivity contribution in [3.8, 4) is 0 Å². The molecule has 6 aliphatic rings. The van der Waals surface area contributed by atoms with Gasteiger partial charge in [-0.25, -0.2) is 0 Å². The molecule has 0 radical (unpaired) electrons. The van der Waals surface area contributed by atoms with E-state index in [1.165, 1.54) is 70.8 Å². The summed E-state index contributed by atoms with van der Waals surface area (Å²) >= 11 is 0. The Balaban J connectivity index is 0.000000116. The van der Waals surface area contributed by atoms with Crippen molar-refractivity contribution in [2.45, 2.75) is 64.3 Å². The van der Waals surface area contributed by atoms with E-state index in [1.54, 1.807) is 0 Å². The first-order valence-corrected chi connectivity index (χ1v) is 18.7. The predicted octanol–water partition coefficient (Wildman–Crippen LogP) is 2.94. The first kappa shape index (κ1) is 34.6. The van der Waals surface area contributed by atoms with Gasteiger partial charge < -0.3 is 41.1 Å². The number of anilines is 1. The summed E-state index contributed by atoms with van der Waals surface area (Å²) in [5, 5.41) is 24.3. The number of likely N-dealkylation sites (tertiary alicyclic amines) is 1. The van der Waals surface area contributed by atoms with Gasteiger partial charge in [0.25, 0.3) is 0 Å². The topological polar surface area (TPSA) is 81.3 Å². The molecule has 49 heavy (non-hydrogen) atoms. The molecular formula is C40H58N8O. The number of benzene rings is 3. The van der Waals surface area contributed by atoms with Gasteiger partial charge in [-0.05, 0) is 83.6 Å². The normalized spacial score (nSPS) is 22.0. The van der Waals surface area contributed by atoms with Gasteiger partial charge in [0.1, 0.15) is 0 Å². The fraction of sp³-hybridized carbons (Fsp3) is 0.550. The Morgan fingerprint density at radius 1 is 0.551 bits per heavy atom. The molecule has 9 nitrogen and oxygen atoms in total. The van der Waals surface area contributed by atoms with E-state index in [1.807, 2.05) is 0 Å². The monoisotopic (exact) mass is 666 g/mol. The quantitative estimate of drug-likeness (QED) is 0.289. The fourth-order valence-corrected chi connectivity index (χ4v) is 7.97. The number of rotatable bonds is 4. The highest BCUT2D eigenvalue weighted by Crippen LogP contribution is 2.34. The summed E-state index contributed by atoms with van der Waals surface area (Å²) in [5.74, 6) is 0. The molecule has 0 spiro atoms. The summed E-state index contributed by atoms with van der Waals surface area (Å²) in [4.78, 5) is 9.71. The Kier molecular flexibility index (Phi) is 11.3. The van der Waals surface area contributed by atoms with Crippen molar-refractivity contribution in [1.29, 1.82) is 0 Å². The second kappa shape index (κ2) is 16.0. The number of aliphatic hydroxyl groups is 1. The molecule has 0 amide bonds. The van der Waals surface area contributed by atoms with Gasteiger partial charge in [0.15, 0.2) is 0 Å². The SMILES string of the molecule is CN1CCC(O)(c2ccc3c(c2)CNC3)CC1.CN1CCN(Cc2ccc3c(c2)CNC3)CC1.c1cc2c(cc1N1CCNCC1)CNC2. The number of piperidine rings is 1. The highest BCUT2D eigenvalue weighted by Gasteiger charge is 2.33. The molecule has 5 N–H and O–H groups in total. The highest BCUT2D eigenvalue weighted by molar-refractivity contribution is 5.52. The molecule has 6 heterocycles. The molecule has 3 aromatic rings. The maximum absolute atomic E-state index is 10.7. The van der Waals surface area contributed by atoms with Crippen LogP contribution in [0.25, 0.3) is 0 Å². The minimum absolute atomic E-state index is 0.607. The van der Waals surface area contributed by atoms with Gasteiger partial charge in [0.05, 0.1) is 5.60 Å². The lowest BCUT2D eigenvalue weighted by Gasteiger charge is -2.37. The lowest BCUT2D eigenvalue weighted by atomic mass is 9.83. The lowest BCUT2D eigenvalue weighted by molar-refractivity contribution is -0.0203. The Morgan fingerprint density at radius 2 is 1.08 bits per heavy atom. The van der Waals surface area contributed by atoms with Crippen LogP contribution in [0.15, 0.2) is 54.6 Å². The second-order valence-corrected chi connectivity index (χ2v) is 15.0. The maximum Gasteiger partial charge on any atom is 0.0921 e. The van der Waals surface area contributed by atoms with Crippen LogP contribution in [0.4, 0.5) is 5.69 Å². The molecule has 3 saturated heterocycles. The van der Waals surface area contributed by atoms with E-state index in [-0.39, 0.29) is 0 Å². The van der Waals surface area contributed by atoms with Crippen LogP contribution in [-0.2, 0) is 51.4 Å². The number of fused-ring (bicyclic) bond motifs is 3. The van der Waals surface area contributed by atoms with E-state index < -0.39 is 5.60 Å². The van der Waals surface area contributed by atoms with Crippen LogP contribution in [0.5, 0.6) is 0 Å². The average molecular weight is 667 g/mol. The zero-order chi connectivity index (χ0) is 33.6. The molecule has 0 aliphatic carbocycles. The van der Waals surface area contributed by atoms with Crippen LogP contribution >= 0.6 is 0 Å². The molecule has 0 aromatic heterocycles. The minimum atomic E-state index is -0.607. The Morgan fingerprint density at radius 3 is 1.73 bits per heavy atom. The van der Waals surface area contributed by atoms with E-state index in [4.69, 9.17) is 0 Å². The summed E-state index contributed by atoms with van der Waals surface area (Å²) in [6.07, 6.45) is 1.69. The Labute approximate surface area is 294 Å². The molecule has 3 fully saturated rings. The number of likely N-dealkylation sites (N-methyl/N-ethyl adjacent to an activating group) is 1. The minimum Gasteiger partial charge on any atom is -0.385 e. The first-order valence-electron chi connectivity index (χ1n) is 18.7. The Bertz CT molecular complexity index is 1540. The molecule has 9 rings (SSSR count). The van der Waals surface area contributed by atoms with Gasteiger partial charge >= 0.3 is 0 Å². The average Bonchev–Trinajstić information content (AvgIpc) is 3.92. The van der Waals surface area contributed by atoms with Crippen LogP contribution in [0.3, 0.4) is 0 Å². The molecule has 0 saturated carbocycles. The van der Waals surface area contributed by atoms with Gasteiger partial charge in [-0.2, -0.15) is 0 Å². The van der Waals surface area contributed by atoms with Crippen molar-refractivity contribution in [2.24, 2.45) is 0 Å². The highest BCUT2D eigenvalue weighted by atomic mass is 16.3. The Hall–Kier alpha value is -2.86. The van der Waals surface area contributed by atoms with E-state index in [2.05, 4.69) is 110 Å². The first-order chi connectivity index (χ1) is 23.9. The lowest BCUT2D eigenvalue weighted by Crippen LogP contribution is -2.43. The molecule has 0 unspecified atom stereocenters. The van der Waals surface area contributed by atoms with Gasteiger partial charge in [0, 0.05) is 117 Å². The molecule has 9 heteroatoms. The second-order valence-electron chi connectivity index (χ2n) is 15.0. The summed E-state index contributed by atoms with van der Waals surface area (Å²) in [7, 11) is 4.32. The van der Waals surface area contributed by atoms with Crippen LogP contribution in [0, 0.1) is 0 Å². The van der Waals surface area contributed by atoms with E-state index in [9.17, 15) is 5.11 Å². The summed E-state index contributed by atoms with van der Waals surface area (Å²) in [6, 6.07) is 20.3. The third-order valence-electron chi connectivity index (χ3n) is 11.4. The van der Waals surface area contributed by atoms with E-state index in [0.717, 1.165) is 103 Å². The molecule has 0 bridgehead atoms. The van der Waals surface area contributed by atoms with Crippen LogP contribution in [-0.4, -0.2) is 99.3 Å². The number of piperazine rings is 2. The van der Waals surface area contributed by atoms with Crippen molar-refractivity contribution in [1.82, 2.24) is 36.0 Å². The van der Waals surface area contributed by atoms with Crippen molar-refractivity contribution in [3.05, 3.63) is 99.1 Å². The van der Waals surface area contributed by atoms with E-state index in [0.29, 0.717) is 0 Å². The standard InChI is InChI=1S/C14H21N3.C14H20N2O.C12H17N3/c1-16-4-6-17(7-5-16)11-12-2-3-13-9-15-10-14(13)8-12;1-16-6-4-14(17,5-7-16)13-3-2-11-9-15-10-12(11)8-13;1-2-12(15-5-3-13-4-6-15)7-11-9-14-8-10(1)11/h2-3,8,15H,4-7,9-11H2,1H3;2-3,8,15,17H,4-7,9-10H2,1H3;1-2,7,13-14H,3-6,8-9H2. The zero-order valence-electron chi connectivity index (χ0n) is 29.9. The third-order valence-corrected chi connectivity index (χ3v) is 11.4. The van der Waals surface area contributed by atoms with Gasteiger partial charge in [-0.15, -0.1) is 0 Å². The third kappa shape index (κ3) is 8.72. The number of nitrogens with zero attached hydrogens (tertiary/aromatic N) is 4. The zero-order valence-corrected chi connectivity index (χ0v) is 29.9. The van der Waals surface area contributed by atoms with Gasteiger partial charge in [-0.1, -0.05) is 42.5 Å². The summed E-state index contributed by atoms with van der Waals surface area (Å²) < 4.78 is 0. The van der Waals surface area contributed by atoms with Crippen molar-refractivity contribution >= 4 is 5.69 Å². The summed E-state index contributed by atoms with van der Waals surface area (Å²) in [5.41, 5.74) is 12.0. The van der Waals surface area contributed by atoms with Gasteiger partial charge in [-0.3, -0.25) is 4.90 Å². The molecule has 6 aliphatic heterocycles. The largest absolute Gasteiger partial charge is 0.385 e. The number of nitrogens with one attached hydrogen (secondary N) is 4. The smallest absolute Gasteiger partial charge is 0.0921 e. The number of hydrogen-bond donors (Lipinski definition) is 5. The van der Waals surface area contributed by atoms with Crippen molar-refractivity contribution in [3.63, 3.8) is 0 Å². The van der Waals surface area contributed by atoms with Crippen molar-refractivity contribution in [2.75, 3.05) is 84.4 Å². The van der Waals surface area contributed by atoms with Gasteiger partial charge in [0.2, 0.25) is 0 Å². The van der Waals surface area contributed by atoms with Crippen LogP contribution < -0.4 is 26.2 Å². The molecule has 3 aromatic carbocycles. The fourth-order valence-electron chi connectivity index (χ4n) is 7.97. The predicted molar refractivity (Wildman–Crippen MR) is 199 cm³/mol.